The fourth-order valence-corrected chi connectivity index (χ4v) is 2.98. The number of carbonyl (C=O) groups excluding carboxylic acids is 1. The van der Waals surface area contributed by atoms with Crippen LogP contribution in [0.5, 0.6) is 11.5 Å². The predicted octanol–water partition coefficient (Wildman–Crippen LogP) is 4.91. The van der Waals surface area contributed by atoms with Crippen molar-refractivity contribution in [2.75, 3.05) is 6.79 Å². The number of nitrogens with zero attached hydrogens (tertiary/aromatic N) is 1. The molecule has 1 atom stereocenters. The Kier molecular flexibility index (Phi) is 4.97. The highest BCUT2D eigenvalue weighted by Gasteiger charge is 2.22. The fraction of sp³-hybridized carbons (Fsp3) is 0.200. The van der Waals surface area contributed by atoms with Gasteiger partial charge in [-0.3, -0.25) is 4.79 Å². The van der Waals surface area contributed by atoms with E-state index in [1.54, 1.807) is 12.1 Å². The molecule has 1 aromatic carbocycles. The van der Waals surface area contributed by atoms with Crippen molar-refractivity contribution in [3.8, 4) is 11.5 Å². The number of rotatable bonds is 3. The number of hydrogen-bond acceptors (Lipinski definition) is 4. The maximum Gasteiger partial charge on any atom is 0.272 e. The first-order chi connectivity index (χ1) is 11.4. The first kappa shape index (κ1) is 17.4. The standard InChI is InChI=1S/C15H10Cl4N2O3/c1-6(7-2-3-8-9(4-7)24-5-23-8)20-15(22)13-11(17)10(16)12(18)14(19)21-13/h2-4,6H,5H2,1H3,(H,20,22)/t6-/m0/s1. The lowest BCUT2D eigenvalue weighted by atomic mass is 10.1. The normalized spacial score (nSPS) is 13.7. The minimum absolute atomic E-state index is 0.00343. The number of halogens is 4. The van der Waals surface area contributed by atoms with Gasteiger partial charge in [-0.1, -0.05) is 52.5 Å². The van der Waals surface area contributed by atoms with Gasteiger partial charge in [0.25, 0.3) is 5.91 Å². The highest BCUT2D eigenvalue weighted by atomic mass is 35.5. The van der Waals surface area contributed by atoms with Crippen LogP contribution in [-0.2, 0) is 0 Å². The largest absolute Gasteiger partial charge is 0.454 e. The van der Waals surface area contributed by atoms with E-state index < -0.39 is 5.91 Å². The molecule has 24 heavy (non-hydrogen) atoms. The summed E-state index contributed by atoms with van der Waals surface area (Å²) in [5.41, 5.74) is 0.735. The van der Waals surface area contributed by atoms with Crippen LogP contribution >= 0.6 is 46.4 Å². The number of carbonyl (C=O) groups is 1. The van der Waals surface area contributed by atoms with E-state index in [0.717, 1.165) is 5.56 Å². The van der Waals surface area contributed by atoms with E-state index in [0.29, 0.717) is 11.5 Å². The molecule has 0 saturated carbocycles. The molecule has 1 aliphatic rings. The van der Waals surface area contributed by atoms with Crippen LogP contribution < -0.4 is 14.8 Å². The molecule has 0 aliphatic carbocycles. The summed E-state index contributed by atoms with van der Waals surface area (Å²) in [5, 5.41) is 2.62. The molecule has 0 bridgehead atoms. The molecular weight excluding hydrogens is 398 g/mol. The van der Waals surface area contributed by atoms with E-state index in [9.17, 15) is 4.79 Å². The van der Waals surface area contributed by atoms with Crippen molar-refractivity contribution in [1.29, 1.82) is 0 Å². The molecule has 0 fully saturated rings. The van der Waals surface area contributed by atoms with Crippen molar-refractivity contribution >= 4 is 52.3 Å². The summed E-state index contributed by atoms with van der Waals surface area (Å²) in [6.07, 6.45) is 0. The van der Waals surface area contributed by atoms with Gasteiger partial charge in [0.1, 0.15) is 10.8 Å². The summed E-state index contributed by atoms with van der Waals surface area (Å²) in [4.78, 5) is 16.3. The highest BCUT2D eigenvalue weighted by Crippen LogP contribution is 2.37. The van der Waals surface area contributed by atoms with Gasteiger partial charge in [0.05, 0.1) is 21.1 Å². The van der Waals surface area contributed by atoms with Gasteiger partial charge in [0.15, 0.2) is 11.5 Å². The summed E-state index contributed by atoms with van der Waals surface area (Å²) < 4.78 is 10.6. The maximum absolute atomic E-state index is 12.4. The molecule has 5 nitrogen and oxygen atoms in total. The van der Waals surface area contributed by atoms with E-state index in [1.807, 2.05) is 13.0 Å². The molecule has 1 aliphatic heterocycles. The molecule has 3 rings (SSSR count). The number of benzene rings is 1. The first-order valence-corrected chi connectivity index (χ1v) is 8.30. The molecule has 0 saturated heterocycles. The number of ether oxygens (including phenoxy) is 2. The molecule has 0 spiro atoms. The fourth-order valence-electron chi connectivity index (χ4n) is 2.17. The Labute approximate surface area is 157 Å². The molecule has 2 heterocycles. The second kappa shape index (κ2) is 6.84. The van der Waals surface area contributed by atoms with E-state index in [2.05, 4.69) is 10.3 Å². The van der Waals surface area contributed by atoms with Gasteiger partial charge in [-0.25, -0.2) is 4.98 Å². The van der Waals surface area contributed by atoms with Crippen LogP contribution in [0.4, 0.5) is 0 Å². The average Bonchev–Trinajstić information content (AvgIpc) is 3.03. The first-order valence-electron chi connectivity index (χ1n) is 6.79. The summed E-state index contributed by atoms with van der Waals surface area (Å²) in [6, 6.07) is 5.07. The third kappa shape index (κ3) is 3.22. The number of nitrogens with one attached hydrogen (secondary N) is 1. The van der Waals surface area contributed by atoms with Gasteiger partial charge in [0, 0.05) is 0 Å². The quantitative estimate of drug-likeness (QED) is 0.734. The van der Waals surface area contributed by atoms with Gasteiger partial charge in [-0.05, 0) is 24.6 Å². The summed E-state index contributed by atoms with van der Waals surface area (Å²) in [5.74, 6) is 0.770. The summed E-state index contributed by atoms with van der Waals surface area (Å²) in [6.45, 7) is 1.99. The third-order valence-electron chi connectivity index (χ3n) is 3.44. The number of pyridine rings is 1. The van der Waals surface area contributed by atoms with Crippen LogP contribution in [0.3, 0.4) is 0 Å². The Hall–Kier alpha value is -1.40. The SMILES string of the molecule is C[C@H](NC(=O)c1nc(Cl)c(Cl)c(Cl)c1Cl)c1ccc2c(c1)OCO2. The Morgan fingerprint density at radius 2 is 1.83 bits per heavy atom. The zero-order valence-corrected chi connectivity index (χ0v) is 15.2. The topological polar surface area (TPSA) is 60.5 Å². The average molecular weight is 408 g/mol. The summed E-state index contributed by atoms with van der Waals surface area (Å²) >= 11 is 23.7. The van der Waals surface area contributed by atoms with Gasteiger partial charge < -0.3 is 14.8 Å². The molecule has 9 heteroatoms. The van der Waals surface area contributed by atoms with Gasteiger partial charge >= 0.3 is 0 Å². The van der Waals surface area contributed by atoms with Crippen LogP contribution in [0.1, 0.15) is 29.0 Å². The number of aromatic nitrogens is 1. The third-order valence-corrected chi connectivity index (χ3v) is 5.12. The van der Waals surface area contributed by atoms with Crippen LogP contribution in [0.15, 0.2) is 18.2 Å². The molecule has 1 aromatic heterocycles. The van der Waals surface area contributed by atoms with E-state index in [4.69, 9.17) is 55.9 Å². The number of amides is 1. The molecule has 126 valence electrons. The molecular formula is C15H10Cl4N2O3. The molecule has 1 N–H and O–H groups in total. The minimum atomic E-state index is -0.523. The lowest BCUT2D eigenvalue weighted by Crippen LogP contribution is -2.28. The zero-order valence-electron chi connectivity index (χ0n) is 12.2. The Morgan fingerprint density at radius 3 is 2.58 bits per heavy atom. The Balaban J connectivity index is 1.82. The molecule has 2 aromatic rings. The maximum atomic E-state index is 12.4. The van der Waals surface area contributed by atoms with Gasteiger partial charge in [-0.15, -0.1) is 0 Å². The Morgan fingerprint density at radius 1 is 1.12 bits per heavy atom. The monoisotopic (exact) mass is 406 g/mol. The smallest absolute Gasteiger partial charge is 0.272 e. The van der Waals surface area contributed by atoms with E-state index in [-0.39, 0.29) is 38.7 Å². The van der Waals surface area contributed by atoms with Crippen LogP contribution in [0.25, 0.3) is 0 Å². The Bertz CT molecular complexity index is 829. The van der Waals surface area contributed by atoms with Crippen molar-refractivity contribution in [2.24, 2.45) is 0 Å². The van der Waals surface area contributed by atoms with Crippen LogP contribution in [0, 0.1) is 0 Å². The van der Waals surface area contributed by atoms with E-state index >= 15 is 0 Å². The lowest BCUT2D eigenvalue weighted by Gasteiger charge is -2.15. The lowest BCUT2D eigenvalue weighted by molar-refractivity contribution is 0.0935. The minimum Gasteiger partial charge on any atom is -0.454 e. The van der Waals surface area contributed by atoms with Gasteiger partial charge in [-0.2, -0.15) is 0 Å². The molecule has 1 amide bonds. The molecule has 0 radical (unpaired) electrons. The predicted molar refractivity (Wildman–Crippen MR) is 92.7 cm³/mol. The molecule has 0 unspecified atom stereocenters. The summed E-state index contributed by atoms with van der Waals surface area (Å²) in [7, 11) is 0. The second-order valence-electron chi connectivity index (χ2n) is 5.00. The zero-order chi connectivity index (χ0) is 17.4. The van der Waals surface area contributed by atoms with Gasteiger partial charge in [0.2, 0.25) is 6.79 Å². The highest BCUT2D eigenvalue weighted by molar-refractivity contribution is 6.52. The number of hydrogen-bond donors (Lipinski definition) is 1. The number of fused-ring (bicyclic) bond motifs is 1. The van der Waals surface area contributed by atoms with Crippen LogP contribution in [-0.4, -0.2) is 17.7 Å². The van der Waals surface area contributed by atoms with Crippen molar-refractivity contribution in [2.45, 2.75) is 13.0 Å². The second-order valence-corrected chi connectivity index (χ2v) is 6.49. The van der Waals surface area contributed by atoms with Crippen molar-refractivity contribution in [1.82, 2.24) is 10.3 Å². The van der Waals surface area contributed by atoms with E-state index in [1.165, 1.54) is 0 Å². The van der Waals surface area contributed by atoms with Crippen molar-refractivity contribution in [3.05, 3.63) is 49.7 Å². The van der Waals surface area contributed by atoms with Crippen molar-refractivity contribution in [3.63, 3.8) is 0 Å². The van der Waals surface area contributed by atoms with Crippen molar-refractivity contribution < 1.29 is 14.3 Å². The van der Waals surface area contributed by atoms with Crippen LogP contribution in [0.2, 0.25) is 20.2 Å².